The van der Waals surface area contributed by atoms with Crippen LogP contribution in [0.15, 0.2) is 60.7 Å². The van der Waals surface area contributed by atoms with Gasteiger partial charge in [-0.3, -0.25) is 0 Å². The topological polar surface area (TPSA) is 23.5 Å². The van der Waals surface area contributed by atoms with Crippen molar-refractivity contribution < 1.29 is 5.11 Å². The van der Waals surface area contributed by atoms with Gasteiger partial charge in [0.15, 0.2) is 0 Å². The lowest BCUT2D eigenvalue weighted by molar-refractivity contribution is 0.237. The van der Waals surface area contributed by atoms with Gasteiger partial charge < -0.3 is 10.0 Å². The van der Waals surface area contributed by atoms with Gasteiger partial charge in [-0.1, -0.05) is 60.1 Å². The number of halogens is 1. The minimum absolute atomic E-state index is 0.662. The molecule has 2 aromatic carbocycles. The lowest BCUT2D eigenvalue weighted by atomic mass is 9.95. The van der Waals surface area contributed by atoms with Crippen molar-refractivity contribution in [1.29, 1.82) is 0 Å². The van der Waals surface area contributed by atoms with E-state index in [4.69, 9.17) is 11.6 Å². The first-order valence-electron chi connectivity index (χ1n) is 6.91. The van der Waals surface area contributed by atoms with Crippen LogP contribution in [0.5, 0.6) is 0 Å². The molecule has 0 saturated heterocycles. The van der Waals surface area contributed by atoms with E-state index in [-0.39, 0.29) is 0 Å². The van der Waals surface area contributed by atoms with Gasteiger partial charge in [-0.15, -0.1) is 0 Å². The minimum atomic E-state index is -0.662. The molecule has 0 aliphatic rings. The molecule has 0 amide bonds. The van der Waals surface area contributed by atoms with Gasteiger partial charge >= 0.3 is 0 Å². The first-order chi connectivity index (χ1) is 10.1. The molecule has 0 aliphatic carbocycles. The summed E-state index contributed by atoms with van der Waals surface area (Å²) in [6, 6.07) is 17.3. The fraction of sp³-hybridized carbons (Fsp3) is 0.222. The summed E-state index contributed by atoms with van der Waals surface area (Å²) >= 11 is 5.91. The Kier molecular flexibility index (Phi) is 5.57. The van der Waals surface area contributed by atoms with Crippen molar-refractivity contribution in [3.05, 3.63) is 76.8 Å². The Morgan fingerprint density at radius 3 is 2.29 bits per heavy atom. The van der Waals surface area contributed by atoms with Crippen LogP contribution in [0.2, 0.25) is 5.02 Å². The Bertz CT molecular complexity index is 590. The number of hydrogen-bond donors (Lipinski definition) is 1. The van der Waals surface area contributed by atoms with Crippen LogP contribution in [-0.4, -0.2) is 30.6 Å². The maximum absolute atomic E-state index is 10.7. The number of hydrogen-bond acceptors (Lipinski definition) is 2. The average Bonchev–Trinajstić information content (AvgIpc) is 2.49. The van der Waals surface area contributed by atoms with Gasteiger partial charge in [0.25, 0.3) is 0 Å². The second-order valence-corrected chi connectivity index (χ2v) is 5.68. The highest BCUT2D eigenvalue weighted by atomic mass is 35.5. The maximum atomic E-state index is 10.7. The zero-order valence-corrected chi connectivity index (χ0v) is 13.1. The summed E-state index contributed by atoms with van der Waals surface area (Å²) in [5.74, 6) is 0. The van der Waals surface area contributed by atoms with Crippen LogP contribution in [0.1, 0.15) is 17.2 Å². The molecule has 0 spiro atoms. The predicted octanol–water partition coefficient (Wildman–Crippen LogP) is 4.02. The van der Waals surface area contributed by atoms with Crippen molar-refractivity contribution in [2.75, 3.05) is 20.6 Å². The van der Waals surface area contributed by atoms with Crippen molar-refractivity contribution in [3.8, 4) is 0 Å². The van der Waals surface area contributed by atoms with Crippen LogP contribution in [-0.2, 0) is 0 Å². The SMILES string of the molecule is CN(C)CC=C(c1ccccc1)C(O)c1ccc(Cl)cc1. The van der Waals surface area contributed by atoms with E-state index in [1.54, 1.807) is 12.1 Å². The van der Waals surface area contributed by atoms with Crippen LogP contribution >= 0.6 is 11.6 Å². The molecule has 0 fully saturated rings. The third kappa shape index (κ3) is 4.43. The lowest BCUT2D eigenvalue weighted by Crippen LogP contribution is -2.12. The maximum Gasteiger partial charge on any atom is 0.104 e. The van der Waals surface area contributed by atoms with E-state index in [1.165, 1.54) is 0 Å². The molecule has 2 aromatic rings. The molecule has 2 nitrogen and oxygen atoms in total. The summed E-state index contributed by atoms with van der Waals surface area (Å²) in [7, 11) is 4.02. The van der Waals surface area contributed by atoms with Crippen LogP contribution in [0.25, 0.3) is 5.57 Å². The van der Waals surface area contributed by atoms with Crippen molar-refractivity contribution in [3.63, 3.8) is 0 Å². The first kappa shape index (κ1) is 15.8. The fourth-order valence-electron chi connectivity index (χ4n) is 2.12. The summed E-state index contributed by atoms with van der Waals surface area (Å²) in [5.41, 5.74) is 2.78. The van der Waals surface area contributed by atoms with Gasteiger partial charge in [0, 0.05) is 11.6 Å². The smallest absolute Gasteiger partial charge is 0.104 e. The summed E-state index contributed by atoms with van der Waals surface area (Å²) in [4.78, 5) is 2.07. The first-order valence-corrected chi connectivity index (χ1v) is 7.29. The van der Waals surface area contributed by atoms with E-state index < -0.39 is 6.10 Å². The molecule has 1 atom stereocenters. The summed E-state index contributed by atoms with van der Waals surface area (Å²) < 4.78 is 0. The molecule has 3 heteroatoms. The van der Waals surface area contributed by atoms with Gasteiger partial charge in [0.1, 0.15) is 6.10 Å². The molecule has 0 radical (unpaired) electrons. The van der Waals surface area contributed by atoms with E-state index in [1.807, 2.05) is 56.6 Å². The van der Waals surface area contributed by atoms with Gasteiger partial charge in [-0.25, -0.2) is 0 Å². The highest BCUT2D eigenvalue weighted by Crippen LogP contribution is 2.30. The third-order valence-electron chi connectivity index (χ3n) is 3.26. The number of rotatable bonds is 5. The summed E-state index contributed by atoms with van der Waals surface area (Å²) in [6.45, 7) is 0.773. The fourth-order valence-corrected chi connectivity index (χ4v) is 2.25. The Morgan fingerprint density at radius 1 is 1.10 bits per heavy atom. The van der Waals surface area contributed by atoms with E-state index in [0.717, 1.165) is 23.2 Å². The molecular formula is C18H20ClNO. The Balaban J connectivity index is 2.35. The number of aliphatic hydroxyl groups is 1. The molecule has 2 rings (SSSR count). The normalized spacial score (nSPS) is 13.5. The van der Waals surface area contributed by atoms with Crippen molar-refractivity contribution in [2.45, 2.75) is 6.10 Å². The van der Waals surface area contributed by atoms with Crippen molar-refractivity contribution in [2.24, 2.45) is 0 Å². The molecular weight excluding hydrogens is 282 g/mol. The second-order valence-electron chi connectivity index (χ2n) is 5.24. The van der Waals surface area contributed by atoms with Crippen LogP contribution < -0.4 is 0 Å². The van der Waals surface area contributed by atoms with Gasteiger partial charge in [-0.05, 0) is 42.9 Å². The average molecular weight is 302 g/mol. The van der Waals surface area contributed by atoms with Gasteiger partial charge in [0.2, 0.25) is 0 Å². The van der Waals surface area contributed by atoms with E-state index in [9.17, 15) is 5.11 Å². The zero-order valence-electron chi connectivity index (χ0n) is 12.3. The second kappa shape index (κ2) is 7.41. The van der Waals surface area contributed by atoms with Crippen LogP contribution in [0.3, 0.4) is 0 Å². The number of benzene rings is 2. The van der Waals surface area contributed by atoms with Gasteiger partial charge in [0.05, 0.1) is 0 Å². The largest absolute Gasteiger partial charge is 0.384 e. The molecule has 0 heterocycles. The van der Waals surface area contributed by atoms with Crippen LogP contribution in [0.4, 0.5) is 0 Å². The predicted molar refractivity (Wildman–Crippen MR) is 89.4 cm³/mol. The van der Waals surface area contributed by atoms with Crippen LogP contribution in [0, 0.1) is 0 Å². The standard InChI is InChI=1S/C18H20ClNO/c1-20(2)13-12-17(14-6-4-3-5-7-14)18(21)15-8-10-16(19)11-9-15/h3-12,18,21H,13H2,1-2H3. The molecule has 0 aliphatic heterocycles. The highest BCUT2D eigenvalue weighted by molar-refractivity contribution is 6.30. The molecule has 1 unspecified atom stereocenters. The Labute approximate surface area is 131 Å². The third-order valence-corrected chi connectivity index (χ3v) is 3.52. The number of nitrogens with zero attached hydrogens (tertiary/aromatic N) is 1. The molecule has 110 valence electrons. The zero-order chi connectivity index (χ0) is 15.2. The molecule has 0 bridgehead atoms. The molecule has 0 saturated carbocycles. The van der Waals surface area contributed by atoms with E-state index in [0.29, 0.717) is 5.02 Å². The Hall–Kier alpha value is -1.61. The highest BCUT2D eigenvalue weighted by Gasteiger charge is 2.15. The number of likely N-dealkylation sites (N-methyl/N-ethyl adjacent to an activating group) is 1. The lowest BCUT2D eigenvalue weighted by Gasteiger charge is -2.17. The summed E-state index contributed by atoms with van der Waals surface area (Å²) in [5, 5.41) is 11.4. The molecule has 21 heavy (non-hydrogen) atoms. The Morgan fingerprint density at radius 2 is 1.71 bits per heavy atom. The van der Waals surface area contributed by atoms with Crippen molar-refractivity contribution >= 4 is 17.2 Å². The van der Waals surface area contributed by atoms with E-state index >= 15 is 0 Å². The van der Waals surface area contributed by atoms with Crippen molar-refractivity contribution in [1.82, 2.24) is 4.90 Å². The number of aliphatic hydroxyl groups excluding tert-OH is 1. The minimum Gasteiger partial charge on any atom is -0.384 e. The molecule has 0 aromatic heterocycles. The van der Waals surface area contributed by atoms with E-state index in [2.05, 4.69) is 11.0 Å². The molecule has 1 N–H and O–H groups in total. The quantitative estimate of drug-likeness (QED) is 0.901. The van der Waals surface area contributed by atoms with Gasteiger partial charge in [-0.2, -0.15) is 0 Å². The monoisotopic (exact) mass is 301 g/mol. The summed E-state index contributed by atoms with van der Waals surface area (Å²) in [6.07, 6.45) is 1.40.